The van der Waals surface area contributed by atoms with Crippen LogP contribution in [0.5, 0.6) is 5.75 Å². The summed E-state index contributed by atoms with van der Waals surface area (Å²) in [7, 11) is 3.77. The number of nitrogens with one attached hydrogen (secondary N) is 1. The highest BCUT2D eigenvalue weighted by Crippen LogP contribution is 2.29. The van der Waals surface area contributed by atoms with Crippen molar-refractivity contribution in [2.75, 3.05) is 45.2 Å². The van der Waals surface area contributed by atoms with Crippen molar-refractivity contribution in [3.8, 4) is 22.7 Å². The van der Waals surface area contributed by atoms with E-state index in [-0.39, 0.29) is 5.56 Å². The number of rotatable bonds is 3. The number of piperazine rings is 1. The Morgan fingerprint density at radius 2 is 1.72 bits per heavy atom. The highest BCUT2D eigenvalue weighted by molar-refractivity contribution is 5.95. The maximum atomic E-state index is 12.9. The number of ether oxygens (including phenoxy) is 1. The maximum absolute atomic E-state index is 12.9. The summed E-state index contributed by atoms with van der Waals surface area (Å²) in [6.45, 7) is 4.15. The Balaban J connectivity index is 1.57. The molecule has 0 radical (unpaired) electrons. The minimum atomic E-state index is -0.133. The van der Waals surface area contributed by atoms with Crippen LogP contribution < -0.4 is 15.2 Å². The quantitative estimate of drug-likeness (QED) is 0.583. The van der Waals surface area contributed by atoms with E-state index in [4.69, 9.17) is 4.74 Å². The van der Waals surface area contributed by atoms with E-state index in [0.717, 1.165) is 42.8 Å². The number of pyridine rings is 1. The van der Waals surface area contributed by atoms with Crippen molar-refractivity contribution < 1.29 is 4.74 Å². The number of hydrogen-bond donors (Lipinski definition) is 1. The van der Waals surface area contributed by atoms with Gasteiger partial charge in [-0.05, 0) is 49.5 Å². The summed E-state index contributed by atoms with van der Waals surface area (Å²) in [5.74, 6) is 0.744. The van der Waals surface area contributed by atoms with Crippen LogP contribution in [0.4, 0.5) is 5.69 Å². The zero-order chi connectivity index (χ0) is 20.0. The highest BCUT2D eigenvalue weighted by atomic mass is 16.5. The topological polar surface area (TPSA) is 66.4 Å². The van der Waals surface area contributed by atoms with Crippen LogP contribution in [-0.2, 0) is 0 Å². The Hall–Kier alpha value is -3.32. The highest BCUT2D eigenvalue weighted by Gasteiger charge is 2.20. The summed E-state index contributed by atoms with van der Waals surface area (Å²) in [4.78, 5) is 20.9. The van der Waals surface area contributed by atoms with Gasteiger partial charge < -0.3 is 19.5 Å². The van der Waals surface area contributed by atoms with E-state index in [0.29, 0.717) is 16.9 Å². The maximum Gasteiger partial charge on any atom is 0.282 e. The number of H-pyrrole nitrogens is 1. The van der Waals surface area contributed by atoms with Gasteiger partial charge in [-0.3, -0.25) is 4.79 Å². The third-order valence-electron chi connectivity index (χ3n) is 5.69. The van der Waals surface area contributed by atoms with Crippen molar-refractivity contribution in [3.05, 3.63) is 59.0 Å². The van der Waals surface area contributed by atoms with Gasteiger partial charge in [-0.25, -0.2) is 0 Å². The van der Waals surface area contributed by atoms with Crippen molar-refractivity contribution >= 4 is 16.6 Å². The molecule has 0 aliphatic carbocycles. The zero-order valence-electron chi connectivity index (χ0n) is 16.6. The fourth-order valence-corrected chi connectivity index (χ4v) is 3.91. The second-order valence-corrected chi connectivity index (χ2v) is 7.49. The van der Waals surface area contributed by atoms with Crippen LogP contribution >= 0.6 is 0 Å². The van der Waals surface area contributed by atoms with Crippen LogP contribution in [0.3, 0.4) is 0 Å². The van der Waals surface area contributed by atoms with Crippen LogP contribution in [0.2, 0.25) is 0 Å². The average Bonchev–Trinajstić information content (AvgIpc) is 3.11. The van der Waals surface area contributed by atoms with Gasteiger partial charge in [-0.1, -0.05) is 0 Å². The van der Waals surface area contributed by atoms with Crippen molar-refractivity contribution in [1.82, 2.24) is 19.7 Å². The molecule has 2 aromatic carbocycles. The summed E-state index contributed by atoms with van der Waals surface area (Å²) in [5.41, 5.74) is 4.05. The molecule has 1 saturated heterocycles. The number of likely N-dealkylation sites (N-methyl/N-ethyl adjacent to an activating group) is 1. The number of fused-ring (bicyclic) bond motifs is 3. The van der Waals surface area contributed by atoms with Crippen LogP contribution in [0.1, 0.15) is 0 Å². The zero-order valence-corrected chi connectivity index (χ0v) is 16.6. The second-order valence-electron chi connectivity index (χ2n) is 7.49. The fraction of sp³-hybridized carbons (Fsp3) is 0.273. The van der Waals surface area contributed by atoms with Gasteiger partial charge in [0.15, 0.2) is 0 Å². The van der Waals surface area contributed by atoms with Crippen LogP contribution in [0.15, 0.2) is 53.5 Å². The summed E-state index contributed by atoms with van der Waals surface area (Å²) in [6, 6.07) is 13.7. The first-order valence-electron chi connectivity index (χ1n) is 9.76. The fourth-order valence-electron chi connectivity index (χ4n) is 3.91. The average molecular weight is 389 g/mol. The molecule has 3 aliphatic rings. The molecule has 29 heavy (non-hydrogen) atoms. The third-order valence-corrected chi connectivity index (χ3v) is 5.69. The molecule has 0 unspecified atom stereocenters. The Morgan fingerprint density at radius 1 is 1.00 bits per heavy atom. The van der Waals surface area contributed by atoms with Gasteiger partial charge in [0, 0.05) is 49.0 Å². The SMILES string of the molecule is COc1ccc(-n2nc3c4ccc(N5CCN(C)CC5)cc4[nH]cc-3c2=O)cc1. The van der Waals surface area contributed by atoms with E-state index in [1.54, 1.807) is 13.3 Å². The molecule has 3 aliphatic heterocycles. The first kappa shape index (κ1) is 17.8. The number of hydrogen-bond acceptors (Lipinski definition) is 5. The van der Waals surface area contributed by atoms with Gasteiger partial charge >= 0.3 is 0 Å². The largest absolute Gasteiger partial charge is 0.497 e. The lowest BCUT2D eigenvalue weighted by Crippen LogP contribution is -2.44. The van der Waals surface area contributed by atoms with E-state index in [2.05, 4.69) is 45.1 Å². The van der Waals surface area contributed by atoms with Gasteiger partial charge in [0.1, 0.15) is 11.4 Å². The monoisotopic (exact) mass is 389 g/mol. The lowest BCUT2D eigenvalue weighted by atomic mass is 10.1. The van der Waals surface area contributed by atoms with Crippen LogP contribution in [-0.4, -0.2) is 60.0 Å². The minimum absolute atomic E-state index is 0.133. The van der Waals surface area contributed by atoms with E-state index in [9.17, 15) is 4.79 Å². The normalized spacial score (nSPS) is 15.3. The molecular formula is C22H23N5O2. The Labute approximate surface area is 168 Å². The standard InChI is InChI=1S/C22H23N5O2/c1-25-9-11-26(12-10-25)16-5-8-18-20(13-16)23-14-19-21(18)24-27(22(19)28)15-3-6-17(29-2)7-4-15/h3-8,13-14,23H,9-12H2,1-2H3. The number of aromatic nitrogens is 3. The second kappa shape index (κ2) is 6.93. The van der Waals surface area contributed by atoms with Gasteiger partial charge in [0.05, 0.1) is 18.4 Å². The molecule has 0 atom stereocenters. The van der Waals surface area contributed by atoms with Gasteiger partial charge in [0.25, 0.3) is 5.56 Å². The van der Waals surface area contributed by atoms with Crippen molar-refractivity contribution in [1.29, 1.82) is 0 Å². The van der Waals surface area contributed by atoms with E-state index < -0.39 is 0 Å². The van der Waals surface area contributed by atoms with Crippen molar-refractivity contribution in [2.45, 2.75) is 0 Å². The first-order valence-corrected chi connectivity index (χ1v) is 9.76. The molecule has 7 heteroatoms. The number of nitrogens with zero attached hydrogens (tertiary/aromatic N) is 4. The van der Waals surface area contributed by atoms with E-state index in [1.807, 2.05) is 24.3 Å². The van der Waals surface area contributed by atoms with Gasteiger partial charge in [-0.15, -0.1) is 0 Å². The molecule has 2 aromatic rings. The smallest absolute Gasteiger partial charge is 0.282 e. The Bertz CT molecular complexity index is 1190. The molecular weight excluding hydrogens is 366 g/mol. The molecule has 3 heterocycles. The molecule has 148 valence electrons. The predicted octanol–water partition coefficient (Wildman–Crippen LogP) is 2.58. The Morgan fingerprint density at radius 3 is 2.45 bits per heavy atom. The number of benzene rings is 2. The molecule has 0 bridgehead atoms. The van der Waals surface area contributed by atoms with Crippen LogP contribution in [0.25, 0.3) is 27.8 Å². The van der Waals surface area contributed by atoms with E-state index in [1.165, 1.54) is 10.4 Å². The van der Waals surface area contributed by atoms with Crippen molar-refractivity contribution in [2.24, 2.45) is 0 Å². The lowest BCUT2D eigenvalue weighted by molar-refractivity contribution is 0.313. The van der Waals surface area contributed by atoms with Gasteiger partial charge in [-0.2, -0.15) is 9.78 Å². The first-order chi connectivity index (χ1) is 14.1. The van der Waals surface area contributed by atoms with E-state index >= 15 is 0 Å². The molecule has 5 rings (SSSR count). The van der Waals surface area contributed by atoms with Gasteiger partial charge in [0.2, 0.25) is 0 Å². The minimum Gasteiger partial charge on any atom is -0.497 e. The van der Waals surface area contributed by atoms with Crippen LogP contribution in [0, 0.1) is 0 Å². The third kappa shape index (κ3) is 3.03. The molecule has 1 fully saturated rings. The molecule has 0 aromatic heterocycles. The molecule has 0 spiro atoms. The lowest BCUT2D eigenvalue weighted by Gasteiger charge is -2.34. The number of aromatic amines is 1. The molecule has 7 nitrogen and oxygen atoms in total. The summed E-state index contributed by atoms with van der Waals surface area (Å²) in [5, 5.41) is 5.59. The number of anilines is 1. The number of methoxy groups -OCH3 is 1. The predicted molar refractivity (Wildman–Crippen MR) is 115 cm³/mol. The molecule has 1 N–H and O–H groups in total. The summed E-state index contributed by atoms with van der Waals surface area (Å²) >= 11 is 0. The molecule has 0 amide bonds. The summed E-state index contributed by atoms with van der Waals surface area (Å²) < 4.78 is 6.65. The van der Waals surface area contributed by atoms with Crippen molar-refractivity contribution in [3.63, 3.8) is 0 Å². The summed E-state index contributed by atoms with van der Waals surface area (Å²) in [6.07, 6.45) is 1.76. The molecule has 0 saturated carbocycles. The Kier molecular flexibility index (Phi) is 4.24.